The second-order valence-corrected chi connectivity index (χ2v) is 7.59. The van der Waals surface area contributed by atoms with Crippen molar-refractivity contribution in [1.29, 1.82) is 0 Å². The van der Waals surface area contributed by atoms with Crippen LogP contribution in [0.25, 0.3) is 0 Å². The van der Waals surface area contributed by atoms with Gasteiger partial charge < -0.3 is 10.4 Å². The highest BCUT2D eigenvalue weighted by Gasteiger charge is 2.52. The van der Waals surface area contributed by atoms with Crippen LogP contribution in [0.3, 0.4) is 0 Å². The topological polar surface area (TPSA) is 66.4 Å². The molecule has 116 valence electrons. The third kappa shape index (κ3) is 2.72. The summed E-state index contributed by atoms with van der Waals surface area (Å²) >= 11 is 1.82. The normalized spacial score (nSPS) is 41.2. The van der Waals surface area contributed by atoms with Gasteiger partial charge in [-0.2, -0.15) is 11.8 Å². The maximum Gasteiger partial charge on any atom is 0.307 e. The Kier molecular flexibility index (Phi) is 4.29. The summed E-state index contributed by atoms with van der Waals surface area (Å²) in [5.74, 6) is -1.60. The van der Waals surface area contributed by atoms with Gasteiger partial charge in [0.25, 0.3) is 0 Å². The molecule has 0 aliphatic heterocycles. The number of fused-ring (bicyclic) bond motifs is 2. The van der Waals surface area contributed by atoms with Crippen LogP contribution in [0.4, 0.5) is 0 Å². The molecular formula is C16H23NO3S. The van der Waals surface area contributed by atoms with Gasteiger partial charge >= 0.3 is 5.97 Å². The molecule has 4 nitrogen and oxygen atoms in total. The highest BCUT2D eigenvalue weighted by Crippen LogP contribution is 2.48. The third-order valence-corrected chi connectivity index (χ3v) is 6.55. The zero-order valence-electron chi connectivity index (χ0n) is 12.3. The molecule has 21 heavy (non-hydrogen) atoms. The van der Waals surface area contributed by atoms with Crippen molar-refractivity contribution in [3.05, 3.63) is 12.2 Å². The average Bonchev–Trinajstić information content (AvgIpc) is 3.08. The Bertz CT molecular complexity index is 464. The number of carbonyl (C=O) groups excluding carboxylic acids is 1. The molecule has 0 heterocycles. The molecule has 0 spiro atoms. The number of hydrogen-bond donors (Lipinski definition) is 2. The van der Waals surface area contributed by atoms with E-state index in [2.05, 4.69) is 11.6 Å². The number of carboxylic acid groups (broad SMARTS) is 1. The Balaban J connectivity index is 1.70. The second-order valence-electron chi connectivity index (χ2n) is 6.51. The second kappa shape index (κ2) is 6.03. The molecule has 0 aromatic carbocycles. The lowest BCUT2D eigenvalue weighted by molar-refractivity contribution is -0.148. The molecule has 6 atom stereocenters. The van der Waals surface area contributed by atoms with E-state index in [0.717, 1.165) is 25.7 Å². The first-order chi connectivity index (χ1) is 10.1. The van der Waals surface area contributed by atoms with Crippen molar-refractivity contribution in [2.75, 3.05) is 6.26 Å². The maximum absolute atomic E-state index is 12.7. The molecule has 1 amide bonds. The molecular weight excluding hydrogens is 286 g/mol. The van der Waals surface area contributed by atoms with E-state index in [4.69, 9.17) is 0 Å². The number of hydrogen-bond acceptors (Lipinski definition) is 3. The number of amides is 1. The van der Waals surface area contributed by atoms with Crippen molar-refractivity contribution in [2.45, 2.75) is 43.4 Å². The molecule has 0 aromatic rings. The van der Waals surface area contributed by atoms with Crippen LogP contribution in [0.1, 0.15) is 32.1 Å². The van der Waals surface area contributed by atoms with Crippen LogP contribution in [-0.4, -0.2) is 34.5 Å². The number of rotatable bonds is 4. The summed E-state index contributed by atoms with van der Waals surface area (Å²) < 4.78 is 0. The molecule has 0 radical (unpaired) electrons. The number of nitrogens with one attached hydrogen (secondary N) is 1. The van der Waals surface area contributed by atoms with E-state index in [1.165, 1.54) is 6.42 Å². The van der Waals surface area contributed by atoms with Crippen molar-refractivity contribution >= 4 is 23.6 Å². The fourth-order valence-electron chi connectivity index (χ4n) is 4.34. The fourth-order valence-corrected chi connectivity index (χ4v) is 5.27. The minimum Gasteiger partial charge on any atom is -0.481 e. The molecule has 2 saturated carbocycles. The van der Waals surface area contributed by atoms with Crippen LogP contribution in [-0.2, 0) is 9.59 Å². The van der Waals surface area contributed by atoms with E-state index < -0.39 is 11.9 Å². The van der Waals surface area contributed by atoms with Gasteiger partial charge in [0, 0.05) is 11.3 Å². The Morgan fingerprint density at radius 2 is 1.81 bits per heavy atom. The summed E-state index contributed by atoms with van der Waals surface area (Å²) in [6, 6.07) is 0.207. The highest BCUT2D eigenvalue weighted by atomic mass is 32.2. The van der Waals surface area contributed by atoms with E-state index in [0.29, 0.717) is 5.25 Å². The molecule has 6 unspecified atom stereocenters. The smallest absolute Gasteiger partial charge is 0.307 e. The van der Waals surface area contributed by atoms with E-state index in [-0.39, 0.29) is 29.7 Å². The SMILES string of the molecule is CSC1CCCCC1NC(=O)C1C2C=CC(C2)C1C(=O)O. The largest absolute Gasteiger partial charge is 0.481 e. The third-order valence-electron chi connectivity index (χ3n) is 5.38. The Morgan fingerprint density at radius 1 is 1.14 bits per heavy atom. The minimum absolute atomic E-state index is 0.0369. The number of carboxylic acids is 1. The van der Waals surface area contributed by atoms with Gasteiger partial charge in [0.05, 0.1) is 11.8 Å². The van der Waals surface area contributed by atoms with Crippen LogP contribution in [0, 0.1) is 23.7 Å². The van der Waals surface area contributed by atoms with Gasteiger partial charge in [0.2, 0.25) is 5.91 Å². The van der Waals surface area contributed by atoms with Crippen molar-refractivity contribution in [3.8, 4) is 0 Å². The van der Waals surface area contributed by atoms with Gasteiger partial charge in [-0.15, -0.1) is 0 Å². The lowest BCUT2D eigenvalue weighted by atomic mass is 9.82. The molecule has 3 aliphatic rings. The van der Waals surface area contributed by atoms with E-state index in [1.54, 1.807) is 0 Å². The van der Waals surface area contributed by atoms with Gasteiger partial charge in [0.1, 0.15) is 0 Å². The van der Waals surface area contributed by atoms with Crippen LogP contribution in [0.2, 0.25) is 0 Å². The van der Waals surface area contributed by atoms with E-state index in [1.807, 2.05) is 23.9 Å². The number of carbonyl (C=O) groups is 2. The fraction of sp³-hybridized carbons (Fsp3) is 0.750. The lowest BCUT2D eigenvalue weighted by Crippen LogP contribution is -2.48. The van der Waals surface area contributed by atoms with Gasteiger partial charge in [0.15, 0.2) is 0 Å². The van der Waals surface area contributed by atoms with Crippen LogP contribution in [0.5, 0.6) is 0 Å². The predicted octanol–water partition coefficient (Wildman–Crippen LogP) is 2.30. The predicted molar refractivity (Wildman–Crippen MR) is 83.1 cm³/mol. The summed E-state index contributed by atoms with van der Waals surface area (Å²) in [5.41, 5.74) is 0. The molecule has 3 aliphatic carbocycles. The molecule has 0 saturated heterocycles. The highest BCUT2D eigenvalue weighted by molar-refractivity contribution is 7.99. The first-order valence-corrected chi connectivity index (χ1v) is 9.15. The first kappa shape index (κ1) is 14.9. The maximum atomic E-state index is 12.7. The quantitative estimate of drug-likeness (QED) is 0.782. The van der Waals surface area contributed by atoms with Crippen LogP contribution < -0.4 is 5.32 Å². The van der Waals surface area contributed by atoms with Gasteiger partial charge in [-0.25, -0.2) is 0 Å². The number of thioether (sulfide) groups is 1. The van der Waals surface area contributed by atoms with E-state index in [9.17, 15) is 14.7 Å². The Labute approximate surface area is 129 Å². The summed E-state index contributed by atoms with van der Waals surface area (Å²) in [7, 11) is 0. The average molecular weight is 309 g/mol. The van der Waals surface area contributed by atoms with Gasteiger partial charge in [-0.05, 0) is 37.4 Å². The Hall–Kier alpha value is -0.970. The van der Waals surface area contributed by atoms with Crippen LogP contribution in [0.15, 0.2) is 12.2 Å². The molecule has 2 bridgehead atoms. The zero-order valence-corrected chi connectivity index (χ0v) is 13.1. The standard InChI is InChI=1S/C16H23NO3S/c1-21-12-5-3-2-4-11(12)17-15(18)13-9-6-7-10(8-9)14(13)16(19)20/h6-7,9-14H,2-5,8H2,1H3,(H,17,18)(H,19,20). The summed E-state index contributed by atoms with van der Waals surface area (Å²) in [5, 5.41) is 13.1. The Morgan fingerprint density at radius 3 is 2.48 bits per heavy atom. The zero-order chi connectivity index (χ0) is 15.0. The molecule has 0 aromatic heterocycles. The van der Waals surface area contributed by atoms with Crippen LogP contribution >= 0.6 is 11.8 Å². The van der Waals surface area contributed by atoms with Crippen molar-refractivity contribution in [3.63, 3.8) is 0 Å². The number of allylic oxidation sites excluding steroid dienone is 2. The monoisotopic (exact) mass is 309 g/mol. The van der Waals surface area contributed by atoms with Gasteiger partial charge in [-0.3, -0.25) is 9.59 Å². The summed E-state index contributed by atoms with van der Waals surface area (Å²) in [6.45, 7) is 0. The van der Waals surface area contributed by atoms with Gasteiger partial charge in [-0.1, -0.05) is 25.0 Å². The van der Waals surface area contributed by atoms with Crippen molar-refractivity contribution < 1.29 is 14.7 Å². The molecule has 5 heteroatoms. The number of aliphatic carboxylic acids is 1. The minimum atomic E-state index is -0.822. The summed E-state index contributed by atoms with van der Waals surface area (Å²) in [6.07, 6.45) is 11.5. The molecule has 3 rings (SSSR count). The lowest BCUT2D eigenvalue weighted by Gasteiger charge is -2.33. The molecule has 2 fully saturated rings. The van der Waals surface area contributed by atoms with Crippen molar-refractivity contribution in [2.24, 2.45) is 23.7 Å². The summed E-state index contributed by atoms with van der Waals surface area (Å²) in [4.78, 5) is 24.2. The van der Waals surface area contributed by atoms with Crippen molar-refractivity contribution in [1.82, 2.24) is 5.32 Å². The van der Waals surface area contributed by atoms with E-state index >= 15 is 0 Å². The first-order valence-electron chi connectivity index (χ1n) is 7.86. The molecule has 2 N–H and O–H groups in total.